The maximum absolute atomic E-state index is 13.6. The monoisotopic (exact) mass is 452 g/mol. The van der Waals surface area contributed by atoms with Crippen molar-refractivity contribution in [1.29, 1.82) is 0 Å². The molecule has 4 rings (SSSR count). The second-order valence-corrected chi connectivity index (χ2v) is 7.97. The quantitative estimate of drug-likeness (QED) is 0.278. The second-order valence-electron chi connectivity index (χ2n) is 6.99. The molecular weight excluding hydrogens is 435 g/mol. The minimum Gasteiger partial charge on any atom is -0.507 e. The molecule has 32 heavy (non-hydrogen) atoms. The molecule has 1 saturated heterocycles. The van der Waals surface area contributed by atoms with Crippen LogP contribution in [-0.4, -0.2) is 34.9 Å². The highest BCUT2D eigenvalue weighted by atomic mass is 32.1. The van der Waals surface area contributed by atoms with Gasteiger partial charge in [-0.1, -0.05) is 53.8 Å². The van der Waals surface area contributed by atoms with E-state index in [-0.39, 0.29) is 21.3 Å². The summed E-state index contributed by atoms with van der Waals surface area (Å²) in [5.74, 6) is -3.30. The molecule has 0 radical (unpaired) electrons. The summed E-state index contributed by atoms with van der Waals surface area (Å²) in [4.78, 5) is 43.8. The highest BCUT2D eigenvalue weighted by Crippen LogP contribution is 2.43. The number of aromatic nitrogens is 1. The van der Waals surface area contributed by atoms with Gasteiger partial charge in [-0.2, -0.15) is 0 Å². The number of thiazole rings is 1. The molecule has 0 unspecified atom stereocenters. The van der Waals surface area contributed by atoms with Crippen molar-refractivity contribution in [2.75, 3.05) is 12.0 Å². The van der Waals surface area contributed by atoms with Gasteiger partial charge in [0.15, 0.2) is 5.13 Å². The van der Waals surface area contributed by atoms with Crippen LogP contribution in [0.1, 0.15) is 32.5 Å². The van der Waals surface area contributed by atoms with E-state index in [0.717, 1.165) is 16.2 Å². The summed E-state index contributed by atoms with van der Waals surface area (Å²) >= 11 is 0.895. The first-order valence-electron chi connectivity index (χ1n) is 9.51. The van der Waals surface area contributed by atoms with Crippen LogP contribution in [0.15, 0.2) is 60.2 Å². The van der Waals surface area contributed by atoms with Crippen LogP contribution in [0.3, 0.4) is 0 Å². The molecule has 0 aliphatic carbocycles. The van der Waals surface area contributed by atoms with Crippen LogP contribution in [-0.2, 0) is 14.3 Å². The van der Waals surface area contributed by atoms with E-state index in [0.29, 0.717) is 16.8 Å². The molecule has 162 valence electrons. The van der Waals surface area contributed by atoms with Gasteiger partial charge in [0, 0.05) is 5.56 Å². The van der Waals surface area contributed by atoms with Crippen LogP contribution >= 0.6 is 11.3 Å². The largest absolute Gasteiger partial charge is 0.507 e. The molecule has 2 heterocycles. The number of methoxy groups -OCH3 is 1. The van der Waals surface area contributed by atoms with Crippen molar-refractivity contribution >= 4 is 39.9 Å². The molecule has 0 spiro atoms. The number of Topliss-reactive ketones (excluding diaryl/α,β-unsaturated/α-hetero) is 1. The number of halogens is 1. The van der Waals surface area contributed by atoms with Crippen LogP contribution in [0.2, 0.25) is 0 Å². The Hall–Kier alpha value is -3.85. The van der Waals surface area contributed by atoms with Gasteiger partial charge >= 0.3 is 11.9 Å². The van der Waals surface area contributed by atoms with Gasteiger partial charge in [0.1, 0.15) is 16.5 Å². The SMILES string of the molecule is COC(=O)c1sc(N2C(=O)C(=O)C(=C(O)c3ccccc3)[C@H]2c2ccc(F)cc2)nc1C. The molecule has 2 aromatic carbocycles. The van der Waals surface area contributed by atoms with Crippen LogP contribution in [0.25, 0.3) is 5.76 Å². The minimum absolute atomic E-state index is 0.0893. The van der Waals surface area contributed by atoms with E-state index >= 15 is 0 Å². The van der Waals surface area contributed by atoms with Crippen LogP contribution < -0.4 is 4.90 Å². The zero-order chi connectivity index (χ0) is 23.0. The Balaban J connectivity index is 1.93. The molecule has 1 N–H and O–H groups in total. The number of rotatable bonds is 4. The number of hydrogen-bond donors (Lipinski definition) is 1. The van der Waals surface area contributed by atoms with Gasteiger partial charge in [-0.3, -0.25) is 14.5 Å². The number of anilines is 1. The van der Waals surface area contributed by atoms with Crippen molar-refractivity contribution in [3.8, 4) is 0 Å². The number of hydrogen-bond acceptors (Lipinski definition) is 7. The third kappa shape index (κ3) is 3.56. The summed E-state index contributed by atoms with van der Waals surface area (Å²) in [6.07, 6.45) is 0. The number of ketones is 1. The van der Waals surface area contributed by atoms with Crippen LogP contribution in [0.5, 0.6) is 0 Å². The maximum atomic E-state index is 13.6. The summed E-state index contributed by atoms with van der Waals surface area (Å²) < 4.78 is 18.3. The molecule has 0 saturated carbocycles. The smallest absolute Gasteiger partial charge is 0.350 e. The summed E-state index contributed by atoms with van der Waals surface area (Å²) in [6, 6.07) is 12.5. The topological polar surface area (TPSA) is 96.8 Å². The van der Waals surface area contributed by atoms with E-state index in [1.165, 1.54) is 31.4 Å². The lowest BCUT2D eigenvalue weighted by molar-refractivity contribution is -0.132. The van der Waals surface area contributed by atoms with Gasteiger partial charge < -0.3 is 9.84 Å². The Morgan fingerprint density at radius 1 is 1.12 bits per heavy atom. The molecule has 1 amide bonds. The van der Waals surface area contributed by atoms with Gasteiger partial charge in [0.2, 0.25) is 0 Å². The van der Waals surface area contributed by atoms with Gasteiger partial charge in [0.05, 0.1) is 24.4 Å². The number of nitrogens with zero attached hydrogens (tertiary/aromatic N) is 2. The summed E-state index contributed by atoms with van der Waals surface area (Å²) in [7, 11) is 1.23. The lowest BCUT2D eigenvalue weighted by atomic mass is 9.95. The van der Waals surface area contributed by atoms with Gasteiger partial charge in [-0.05, 0) is 24.6 Å². The first-order valence-corrected chi connectivity index (χ1v) is 10.3. The van der Waals surface area contributed by atoms with Gasteiger partial charge in [-0.25, -0.2) is 14.2 Å². The molecule has 7 nitrogen and oxygen atoms in total. The lowest BCUT2D eigenvalue weighted by Crippen LogP contribution is -2.29. The van der Waals surface area contributed by atoms with E-state index < -0.39 is 29.5 Å². The summed E-state index contributed by atoms with van der Waals surface area (Å²) in [5, 5.41) is 11.0. The number of benzene rings is 2. The Labute approximate surface area is 186 Å². The number of amides is 1. The number of carbonyl (C=O) groups is 3. The number of aliphatic hydroxyl groups is 1. The molecule has 1 aliphatic heterocycles. The average molecular weight is 452 g/mol. The van der Waals surface area contributed by atoms with Crippen molar-refractivity contribution in [3.05, 3.63) is 87.7 Å². The second kappa shape index (κ2) is 8.35. The number of aryl methyl sites for hydroxylation is 1. The zero-order valence-corrected chi connectivity index (χ0v) is 17.9. The molecule has 0 bridgehead atoms. The third-order valence-electron chi connectivity index (χ3n) is 5.04. The van der Waals surface area contributed by atoms with Gasteiger partial charge in [0.25, 0.3) is 5.78 Å². The molecule has 1 aromatic heterocycles. The Morgan fingerprint density at radius 3 is 2.41 bits per heavy atom. The standard InChI is InChI=1S/C23H17FN2O5S/c1-12-20(22(30)31-2)32-23(25-12)26-17(13-8-10-15(24)11-9-13)16(19(28)21(26)29)18(27)14-6-4-3-5-7-14/h3-11,17,27H,1-2H3/t17-/m1/s1. The highest BCUT2D eigenvalue weighted by molar-refractivity contribution is 7.17. The van der Waals surface area contributed by atoms with Crippen molar-refractivity contribution < 1.29 is 28.6 Å². The first-order chi connectivity index (χ1) is 15.3. The number of esters is 1. The van der Waals surface area contributed by atoms with E-state index in [9.17, 15) is 23.9 Å². The van der Waals surface area contributed by atoms with Crippen LogP contribution in [0.4, 0.5) is 9.52 Å². The predicted octanol–water partition coefficient (Wildman–Crippen LogP) is 4.00. The van der Waals surface area contributed by atoms with E-state index in [4.69, 9.17) is 4.74 Å². The zero-order valence-electron chi connectivity index (χ0n) is 17.0. The van der Waals surface area contributed by atoms with E-state index in [1.54, 1.807) is 37.3 Å². The summed E-state index contributed by atoms with van der Waals surface area (Å²) in [5.41, 5.74) is 0.929. The molecule has 3 aromatic rings. The molecule has 1 atom stereocenters. The third-order valence-corrected chi connectivity index (χ3v) is 6.18. The van der Waals surface area contributed by atoms with Crippen molar-refractivity contribution in [2.45, 2.75) is 13.0 Å². The van der Waals surface area contributed by atoms with E-state index in [1.807, 2.05) is 0 Å². The first kappa shape index (κ1) is 21.4. The van der Waals surface area contributed by atoms with Gasteiger partial charge in [-0.15, -0.1) is 0 Å². The molecule has 1 aliphatic rings. The predicted molar refractivity (Wildman–Crippen MR) is 116 cm³/mol. The van der Waals surface area contributed by atoms with Crippen molar-refractivity contribution in [3.63, 3.8) is 0 Å². The molecule has 9 heteroatoms. The fraction of sp³-hybridized carbons (Fsp3) is 0.130. The molecule has 1 fully saturated rings. The summed E-state index contributed by atoms with van der Waals surface area (Å²) in [6.45, 7) is 1.58. The van der Waals surface area contributed by atoms with Crippen LogP contribution in [0, 0.1) is 12.7 Å². The maximum Gasteiger partial charge on any atom is 0.350 e. The Morgan fingerprint density at radius 2 is 1.78 bits per heavy atom. The van der Waals surface area contributed by atoms with Crippen molar-refractivity contribution in [1.82, 2.24) is 4.98 Å². The van der Waals surface area contributed by atoms with Crippen molar-refractivity contribution in [2.24, 2.45) is 0 Å². The fourth-order valence-corrected chi connectivity index (χ4v) is 4.52. The number of ether oxygens (including phenoxy) is 1. The Bertz CT molecular complexity index is 1250. The number of aliphatic hydroxyl groups excluding tert-OH is 1. The lowest BCUT2D eigenvalue weighted by Gasteiger charge is -2.23. The average Bonchev–Trinajstić information content (AvgIpc) is 3.31. The van der Waals surface area contributed by atoms with E-state index in [2.05, 4.69) is 4.98 Å². The Kier molecular flexibility index (Phi) is 5.58. The molecular formula is C23H17FN2O5S. The normalized spacial score (nSPS) is 17.6. The minimum atomic E-state index is -1.06. The highest BCUT2D eigenvalue weighted by Gasteiger charge is 2.48. The fourth-order valence-electron chi connectivity index (χ4n) is 3.51. The number of carbonyl (C=O) groups excluding carboxylic acids is 3.